The highest BCUT2D eigenvalue weighted by Gasteiger charge is 2.30. The van der Waals surface area contributed by atoms with Crippen molar-refractivity contribution in [1.82, 2.24) is 0 Å². The van der Waals surface area contributed by atoms with Crippen LogP contribution in [-0.2, 0) is 14.3 Å². The summed E-state index contributed by atoms with van der Waals surface area (Å²) in [6.45, 7) is 7.81. The second-order valence-electron chi connectivity index (χ2n) is 6.12. The first-order valence-electron chi connectivity index (χ1n) is 7.23. The van der Waals surface area contributed by atoms with Crippen LogP contribution in [0.2, 0.25) is 0 Å². The van der Waals surface area contributed by atoms with Gasteiger partial charge < -0.3 is 9.47 Å². The summed E-state index contributed by atoms with van der Waals surface area (Å²) in [5.41, 5.74) is 1.59. The lowest BCUT2D eigenvalue weighted by atomic mass is 10.1. The number of methoxy groups -OCH3 is 1. The van der Waals surface area contributed by atoms with Crippen LogP contribution in [0, 0.1) is 6.92 Å². The van der Waals surface area contributed by atoms with E-state index >= 15 is 0 Å². The van der Waals surface area contributed by atoms with E-state index in [2.05, 4.69) is 12.1 Å². The topological polar surface area (TPSA) is 35.5 Å². The molecular weight excluding hydrogens is 296 g/mol. The molecule has 0 saturated carbocycles. The van der Waals surface area contributed by atoms with E-state index in [1.807, 2.05) is 52.0 Å². The summed E-state index contributed by atoms with van der Waals surface area (Å²) < 4.78 is 10.9. The van der Waals surface area contributed by atoms with Crippen LogP contribution in [0.15, 0.2) is 36.4 Å². The Morgan fingerprint density at radius 2 is 1.82 bits per heavy atom. The summed E-state index contributed by atoms with van der Waals surface area (Å²) in [6, 6.07) is 12.2. The number of thiophene rings is 1. The Bertz CT molecular complexity index is 638. The van der Waals surface area contributed by atoms with Crippen LogP contribution in [0.5, 0.6) is 0 Å². The zero-order chi connectivity index (χ0) is 16.3. The Balaban J connectivity index is 2.40. The lowest BCUT2D eigenvalue weighted by Crippen LogP contribution is -2.28. The van der Waals surface area contributed by atoms with Crippen molar-refractivity contribution in [3.63, 3.8) is 0 Å². The molecule has 0 bridgehead atoms. The molecule has 1 heterocycles. The lowest BCUT2D eigenvalue weighted by molar-refractivity contribution is -0.164. The Morgan fingerprint density at radius 3 is 2.36 bits per heavy atom. The van der Waals surface area contributed by atoms with Gasteiger partial charge >= 0.3 is 5.97 Å². The molecule has 1 aromatic carbocycles. The number of benzene rings is 1. The summed E-state index contributed by atoms with van der Waals surface area (Å²) in [6.07, 6.45) is -0.696. The average Bonchev–Trinajstić information content (AvgIpc) is 2.86. The largest absolute Gasteiger partial charge is 0.467 e. The van der Waals surface area contributed by atoms with E-state index in [9.17, 15) is 4.79 Å². The van der Waals surface area contributed by atoms with Crippen LogP contribution in [0.1, 0.15) is 37.3 Å². The Kier molecular flexibility index (Phi) is 5.04. The molecule has 1 aromatic heterocycles. The maximum atomic E-state index is 12.1. The van der Waals surface area contributed by atoms with E-state index in [1.54, 1.807) is 11.3 Å². The van der Waals surface area contributed by atoms with Gasteiger partial charge in [0.2, 0.25) is 0 Å². The third kappa shape index (κ3) is 3.96. The van der Waals surface area contributed by atoms with E-state index in [1.165, 1.54) is 7.11 Å². The molecule has 0 aliphatic carbocycles. The van der Waals surface area contributed by atoms with Crippen molar-refractivity contribution >= 4 is 17.3 Å². The summed E-state index contributed by atoms with van der Waals surface area (Å²) >= 11 is 1.66. The number of aryl methyl sites for hydroxylation is 1. The number of hydrogen-bond donors (Lipinski definition) is 0. The summed E-state index contributed by atoms with van der Waals surface area (Å²) in [5, 5.41) is 0. The predicted molar refractivity (Wildman–Crippen MR) is 90.1 cm³/mol. The van der Waals surface area contributed by atoms with Crippen LogP contribution in [0.4, 0.5) is 0 Å². The standard InChI is InChI=1S/C18H22O3S/c1-12-14(16(17(19)20-5)21-18(2,3)4)11-15(22-12)13-9-7-6-8-10-13/h6-11,16H,1-5H3. The first kappa shape index (κ1) is 16.7. The predicted octanol–water partition coefficient (Wildman–Crippen LogP) is 4.75. The quantitative estimate of drug-likeness (QED) is 0.763. The normalized spacial score (nSPS) is 13.0. The molecule has 2 aromatic rings. The third-order valence-electron chi connectivity index (χ3n) is 3.18. The highest BCUT2D eigenvalue weighted by Crippen LogP contribution is 2.37. The van der Waals surface area contributed by atoms with Crippen LogP contribution < -0.4 is 0 Å². The second kappa shape index (κ2) is 6.63. The molecule has 2 rings (SSSR count). The van der Waals surface area contributed by atoms with Crippen LogP contribution in [0.3, 0.4) is 0 Å². The van der Waals surface area contributed by atoms with Gasteiger partial charge in [0.25, 0.3) is 0 Å². The molecule has 1 atom stereocenters. The van der Waals surface area contributed by atoms with Crippen molar-refractivity contribution < 1.29 is 14.3 Å². The SMILES string of the molecule is COC(=O)C(OC(C)(C)C)c1cc(-c2ccccc2)sc1C. The van der Waals surface area contributed by atoms with Gasteiger partial charge in [-0.15, -0.1) is 11.3 Å². The maximum absolute atomic E-state index is 12.1. The zero-order valence-corrected chi connectivity index (χ0v) is 14.5. The van der Waals surface area contributed by atoms with Crippen molar-refractivity contribution in [3.05, 3.63) is 46.8 Å². The molecule has 0 spiro atoms. The van der Waals surface area contributed by atoms with E-state index in [4.69, 9.17) is 9.47 Å². The van der Waals surface area contributed by atoms with Crippen molar-refractivity contribution in [2.75, 3.05) is 7.11 Å². The van der Waals surface area contributed by atoms with Gasteiger partial charge in [0.15, 0.2) is 6.10 Å². The first-order chi connectivity index (χ1) is 10.3. The first-order valence-corrected chi connectivity index (χ1v) is 8.05. The number of ether oxygens (including phenoxy) is 2. The minimum absolute atomic E-state index is 0.365. The van der Waals surface area contributed by atoms with Crippen molar-refractivity contribution in [1.29, 1.82) is 0 Å². The van der Waals surface area contributed by atoms with Crippen LogP contribution in [0.25, 0.3) is 10.4 Å². The fourth-order valence-electron chi connectivity index (χ4n) is 2.20. The molecule has 0 amide bonds. The smallest absolute Gasteiger partial charge is 0.339 e. The fourth-order valence-corrected chi connectivity index (χ4v) is 3.25. The molecule has 0 aliphatic rings. The van der Waals surface area contributed by atoms with Crippen molar-refractivity contribution in [2.45, 2.75) is 39.4 Å². The van der Waals surface area contributed by atoms with E-state index in [-0.39, 0.29) is 5.97 Å². The van der Waals surface area contributed by atoms with Gasteiger partial charge in [-0.25, -0.2) is 4.79 Å². The molecule has 0 saturated heterocycles. The zero-order valence-electron chi connectivity index (χ0n) is 13.7. The molecular formula is C18H22O3S. The summed E-state index contributed by atoms with van der Waals surface area (Å²) in [4.78, 5) is 14.3. The third-order valence-corrected chi connectivity index (χ3v) is 4.30. The van der Waals surface area contributed by atoms with E-state index < -0.39 is 11.7 Å². The molecule has 1 unspecified atom stereocenters. The van der Waals surface area contributed by atoms with Gasteiger partial charge in [-0.2, -0.15) is 0 Å². The second-order valence-corrected chi connectivity index (χ2v) is 7.38. The molecule has 0 fully saturated rings. The summed E-state index contributed by atoms with van der Waals surface area (Å²) in [7, 11) is 1.39. The van der Waals surface area contributed by atoms with E-state index in [0.29, 0.717) is 0 Å². The molecule has 3 nitrogen and oxygen atoms in total. The minimum Gasteiger partial charge on any atom is -0.467 e. The molecule has 0 radical (unpaired) electrons. The van der Waals surface area contributed by atoms with Gasteiger partial charge in [0.05, 0.1) is 12.7 Å². The Labute approximate surface area is 135 Å². The monoisotopic (exact) mass is 318 g/mol. The highest BCUT2D eigenvalue weighted by molar-refractivity contribution is 7.15. The average molecular weight is 318 g/mol. The van der Waals surface area contributed by atoms with Crippen LogP contribution >= 0.6 is 11.3 Å². The molecule has 0 aliphatic heterocycles. The maximum Gasteiger partial charge on any atom is 0.339 e. The van der Waals surface area contributed by atoms with Gasteiger partial charge in [-0.1, -0.05) is 30.3 Å². The molecule has 118 valence electrons. The van der Waals surface area contributed by atoms with Crippen LogP contribution in [-0.4, -0.2) is 18.7 Å². The highest BCUT2D eigenvalue weighted by atomic mass is 32.1. The van der Waals surface area contributed by atoms with Crippen molar-refractivity contribution in [2.24, 2.45) is 0 Å². The van der Waals surface area contributed by atoms with Gasteiger partial charge in [0.1, 0.15) is 0 Å². The molecule has 4 heteroatoms. The van der Waals surface area contributed by atoms with Gasteiger partial charge in [-0.05, 0) is 39.3 Å². The van der Waals surface area contributed by atoms with E-state index in [0.717, 1.165) is 20.9 Å². The van der Waals surface area contributed by atoms with Gasteiger partial charge in [-0.3, -0.25) is 0 Å². The number of carbonyl (C=O) groups excluding carboxylic acids is 1. The summed E-state index contributed by atoms with van der Waals surface area (Å²) in [5.74, 6) is -0.365. The number of hydrogen-bond acceptors (Lipinski definition) is 4. The molecule has 22 heavy (non-hydrogen) atoms. The van der Waals surface area contributed by atoms with Crippen molar-refractivity contribution in [3.8, 4) is 10.4 Å². The Morgan fingerprint density at radius 1 is 1.18 bits per heavy atom. The number of esters is 1. The molecule has 0 N–H and O–H groups in total. The fraction of sp³-hybridized carbons (Fsp3) is 0.389. The number of carbonyl (C=O) groups is 1. The minimum atomic E-state index is -0.696. The Hall–Kier alpha value is -1.65. The van der Waals surface area contributed by atoms with Gasteiger partial charge in [0, 0.05) is 15.3 Å². The number of rotatable bonds is 4. The lowest BCUT2D eigenvalue weighted by Gasteiger charge is -2.26.